The van der Waals surface area contributed by atoms with Crippen LogP contribution in [0, 0.1) is 0 Å². The predicted octanol–water partition coefficient (Wildman–Crippen LogP) is 3.05. The van der Waals surface area contributed by atoms with Crippen LogP contribution in [0.15, 0.2) is 48.8 Å². The van der Waals surface area contributed by atoms with Crippen molar-refractivity contribution < 1.29 is 22.7 Å². The number of hydrogen-bond donors (Lipinski definition) is 2. The summed E-state index contributed by atoms with van der Waals surface area (Å²) in [6, 6.07) is 9.81. The molecule has 0 atom stereocenters. The summed E-state index contributed by atoms with van der Waals surface area (Å²) in [4.78, 5) is 19.3. The minimum Gasteiger partial charge on any atom is -0.489 e. The number of ether oxygens (including phenoxy) is 1. The third kappa shape index (κ3) is 4.35. The zero-order valence-corrected chi connectivity index (χ0v) is 13.1. The number of amides is 1. The number of pyridine rings is 1. The Morgan fingerprint density at radius 2 is 2.08 bits per heavy atom. The number of hydrogen-bond acceptors (Lipinski definition) is 5. The minimum atomic E-state index is -4.67. The topological polar surface area (TPSA) is 92.8 Å². The molecule has 0 aliphatic rings. The number of rotatable bonds is 5. The summed E-state index contributed by atoms with van der Waals surface area (Å²) in [6.07, 6.45) is -1.38. The average molecular weight is 363 g/mol. The molecular formula is C16H12F3N5O2. The Kier molecular flexibility index (Phi) is 4.83. The van der Waals surface area contributed by atoms with Crippen molar-refractivity contribution in [3.63, 3.8) is 0 Å². The van der Waals surface area contributed by atoms with Gasteiger partial charge in [0.05, 0.1) is 0 Å². The van der Waals surface area contributed by atoms with Crippen LogP contribution in [0.5, 0.6) is 5.75 Å². The molecule has 3 rings (SSSR count). The molecule has 0 saturated carbocycles. The van der Waals surface area contributed by atoms with Crippen LogP contribution in [-0.4, -0.2) is 26.1 Å². The number of H-pyrrole nitrogens is 1. The maximum absolute atomic E-state index is 12.5. The van der Waals surface area contributed by atoms with Crippen LogP contribution in [0.1, 0.15) is 21.7 Å². The molecule has 1 aromatic carbocycles. The number of aromatic nitrogens is 4. The summed E-state index contributed by atoms with van der Waals surface area (Å²) >= 11 is 0. The van der Waals surface area contributed by atoms with E-state index in [2.05, 4.69) is 20.4 Å². The first-order valence-electron chi connectivity index (χ1n) is 7.34. The number of benzene rings is 1. The molecule has 2 heterocycles. The molecule has 3 aromatic rings. The lowest BCUT2D eigenvalue weighted by Gasteiger charge is -2.07. The first-order chi connectivity index (χ1) is 12.4. The molecular weight excluding hydrogens is 351 g/mol. The molecule has 0 bridgehead atoms. The second-order valence-corrected chi connectivity index (χ2v) is 5.14. The van der Waals surface area contributed by atoms with Gasteiger partial charge in [-0.15, -0.1) is 5.10 Å². The van der Waals surface area contributed by atoms with Crippen LogP contribution in [0.2, 0.25) is 0 Å². The van der Waals surface area contributed by atoms with Crippen molar-refractivity contribution in [3.05, 3.63) is 65.7 Å². The van der Waals surface area contributed by atoms with Crippen LogP contribution < -0.4 is 10.1 Å². The normalized spacial score (nSPS) is 11.2. The quantitative estimate of drug-likeness (QED) is 0.727. The van der Waals surface area contributed by atoms with Crippen molar-refractivity contribution in [2.75, 3.05) is 5.32 Å². The number of nitrogens with zero attached hydrogens (tertiary/aromatic N) is 3. The molecule has 0 saturated heterocycles. The van der Waals surface area contributed by atoms with E-state index in [0.717, 1.165) is 5.56 Å². The highest BCUT2D eigenvalue weighted by Gasteiger charge is 2.35. The molecule has 10 heteroatoms. The Labute approximate surface area is 145 Å². The minimum absolute atomic E-state index is 0.187. The third-order valence-electron chi connectivity index (χ3n) is 3.20. The second-order valence-electron chi connectivity index (χ2n) is 5.14. The highest BCUT2D eigenvalue weighted by molar-refractivity contribution is 6.03. The molecule has 7 nitrogen and oxygen atoms in total. The Hall–Kier alpha value is -3.43. The fourth-order valence-corrected chi connectivity index (χ4v) is 2.00. The van der Waals surface area contributed by atoms with Crippen LogP contribution in [0.3, 0.4) is 0 Å². The molecule has 0 aliphatic carbocycles. The van der Waals surface area contributed by atoms with Gasteiger partial charge in [-0.25, -0.2) is 0 Å². The number of alkyl halides is 3. The predicted molar refractivity (Wildman–Crippen MR) is 84.3 cm³/mol. The van der Waals surface area contributed by atoms with Crippen molar-refractivity contribution in [1.82, 2.24) is 20.2 Å². The van der Waals surface area contributed by atoms with Gasteiger partial charge in [-0.2, -0.15) is 18.2 Å². The van der Waals surface area contributed by atoms with Crippen molar-refractivity contribution in [2.24, 2.45) is 0 Å². The fraction of sp³-hybridized carbons (Fsp3) is 0.125. The maximum Gasteiger partial charge on any atom is 0.451 e. The Balaban J connectivity index is 1.65. The number of aromatic amines is 1. The van der Waals surface area contributed by atoms with E-state index >= 15 is 0 Å². The maximum atomic E-state index is 12.5. The average Bonchev–Trinajstić information content (AvgIpc) is 3.10. The number of anilines is 1. The van der Waals surface area contributed by atoms with E-state index in [1.54, 1.807) is 35.7 Å². The number of carbonyl (C=O) groups is 1. The zero-order chi connectivity index (χ0) is 18.6. The van der Waals surface area contributed by atoms with Gasteiger partial charge in [-0.1, -0.05) is 12.1 Å². The van der Waals surface area contributed by atoms with Gasteiger partial charge in [0.2, 0.25) is 11.8 Å². The van der Waals surface area contributed by atoms with Crippen molar-refractivity contribution in [2.45, 2.75) is 12.8 Å². The van der Waals surface area contributed by atoms with Gasteiger partial charge in [0.1, 0.15) is 12.4 Å². The number of carbonyl (C=O) groups excluding carboxylic acids is 1. The summed E-state index contributed by atoms with van der Waals surface area (Å²) in [7, 11) is 0. The molecule has 26 heavy (non-hydrogen) atoms. The van der Waals surface area contributed by atoms with Crippen LogP contribution in [0.25, 0.3) is 0 Å². The Bertz CT molecular complexity index is 896. The van der Waals surface area contributed by atoms with Crippen LogP contribution in [-0.2, 0) is 12.8 Å². The van der Waals surface area contributed by atoms with Crippen molar-refractivity contribution in [1.29, 1.82) is 0 Å². The Morgan fingerprint density at radius 1 is 1.23 bits per heavy atom. The van der Waals surface area contributed by atoms with Crippen LogP contribution >= 0.6 is 0 Å². The Morgan fingerprint density at radius 3 is 2.77 bits per heavy atom. The summed E-state index contributed by atoms with van der Waals surface area (Å²) in [5.74, 6) is -2.00. The van der Waals surface area contributed by atoms with E-state index in [-0.39, 0.29) is 12.2 Å². The van der Waals surface area contributed by atoms with Crippen LogP contribution in [0.4, 0.5) is 19.1 Å². The van der Waals surface area contributed by atoms with E-state index in [1.807, 2.05) is 6.07 Å². The molecule has 2 aromatic heterocycles. The van der Waals surface area contributed by atoms with Crippen molar-refractivity contribution in [3.8, 4) is 5.75 Å². The van der Waals surface area contributed by atoms with E-state index in [1.165, 1.54) is 12.1 Å². The monoisotopic (exact) mass is 363 g/mol. The standard InChI is InChI=1S/C16H12F3N5O2/c17-16(18,19)14-22-15(24-23-14)21-13(25)11-4-1-5-12(7-11)26-9-10-3-2-6-20-8-10/h1-8H,9H2,(H2,21,22,23,24,25). The van der Waals surface area contributed by atoms with Gasteiger partial charge < -0.3 is 4.74 Å². The lowest BCUT2D eigenvalue weighted by Crippen LogP contribution is -2.13. The molecule has 0 radical (unpaired) electrons. The molecule has 0 fully saturated rings. The van der Waals surface area contributed by atoms with Gasteiger partial charge in [-0.05, 0) is 24.3 Å². The summed E-state index contributed by atoms with van der Waals surface area (Å²) < 4.78 is 43.0. The SMILES string of the molecule is O=C(Nc1n[nH]c(C(F)(F)F)n1)c1cccc(OCc2cccnc2)c1. The lowest BCUT2D eigenvalue weighted by atomic mass is 10.2. The van der Waals surface area contributed by atoms with E-state index < -0.39 is 23.9 Å². The summed E-state index contributed by atoms with van der Waals surface area (Å²) in [5.41, 5.74) is 1.04. The summed E-state index contributed by atoms with van der Waals surface area (Å²) in [6.45, 7) is 0.259. The first-order valence-corrected chi connectivity index (χ1v) is 7.34. The lowest BCUT2D eigenvalue weighted by molar-refractivity contribution is -0.144. The highest BCUT2D eigenvalue weighted by atomic mass is 19.4. The van der Waals surface area contributed by atoms with Gasteiger partial charge in [0.15, 0.2) is 0 Å². The third-order valence-corrected chi connectivity index (χ3v) is 3.20. The molecule has 1 amide bonds. The molecule has 0 aliphatic heterocycles. The first kappa shape index (κ1) is 17.4. The summed E-state index contributed by atoms with van der Waals surface area (Å²) in [5, 5.41) is 7.23. The largest absolute Gasteiger partial charge is 0.489 e. The molecule has 134 valence electrons. The van der Waals surface area contributed by atoms with Gasteiger partial charge in [0, 0.05) is 23.5 Å². The van der Waals surface area contributed by atoms with Gasteiger partial charge in [-0.3, -0.25) is 20.2 Å². The van der Waals surface area contributed by atoms with E-state index in [0.29, 0.717) is 5.75 Å². The molecule has 0 spiro atoms. The number of halogens is 3. The zero-order valence-electron chi connectivity index (χ0n) is 13.1. The fourth-order valence-electron chi connectivity index (χ4n) is 2.00. The molecule has 0 unspecified atom stereocenters. The van der Waals surface area contributed by atoms with E-state index in [4.69, 9.17) is 4.74 Å². The van der Waals surface area contributed by atoms with Gasteiger partial charge in [0.25, 0.3) is 5.91 Å². The second kappa shape index (κ2) is 7.21. The highest BCUT2D eigenvalue weighted by Crippen LogP contribution is 2.26. The van der Waals surface area contributed by atoms with Crippen molar-refractivity contribution >= 4 is 11.9 Å². The molecule has 2 N–H and O–H groups in total. The number of nitrogens with one attached hydrogen (secondary N) is 2. The smallest absolute Gasteiger partial charge is 0.451 e. The van der Waals surface area contributed by atoms with E-state index in [9.17, 15) is 18.0 Å². The van der Waals surface area contributed by atoms with Gasteiger partial charge >= 0.3 is 6.18 Å².